The fourth-order valence-electron chi connectivity index (χ4n) is 2.28. The van der Waals surface area contributed by atoms with Crippen LogP contribution in [0.2, 0.25) is 0 Å². The zero-order valence-electron chi connectivity index (χ0n) is 12.1. The van der Waals surface area contributed by atoms with Crippen LogP contribution >= 0.6 is 0 Å². The summed E-state index contributed by atoms with van der Waals surface area (Å²) in [5, 5.41) is 2.88. The van der Waals surface area contributed by atoms with Crippen molar-refractivity contribution in [3.8, 4) is 11.5 Å². The normalized spacial score (nSPS) is 12.3. The molecule has 0 saturated heterocycles. The Morgan fingerprint density at radius 1 is 1.05 bits per heavy atom. The number of hydrogen-bond donors (Lipinski definition) is 1. The summed E-state index contributed by atoms with van der Waals surface area (Å²) in [4.78, 5) is 12.1. The highest BCUT2D eigenvalue weighted by atomic mass is 16.7. The Morgan fingerprint density at radius 2 is 1.86 bits per heavy atom. The molecule has 0 saturated carbocycles. The fraction of sp³-hybridized carbons (Fsp3) is 0.235. The molecule has 0 unspecified atom stereocenters. The Labute approximate surface area is 123 Å². The van der Waals surface area contributed by atoms with Gasteiger partial charge in [0.05, 0.1) is 6.42 Å². The molecular weight excluding hydrogens is 266 g/mol. The lowest BCUT2D eigenvalue weighted by molar-refractivity contribution is -0.115. The lowest BCUT2D eigenvalue weighted by Crippen LogP contribution is -2.14. The molecule has 0 atom stereocenters. The van der Waals surface area contributed by atoms with E-state index in [1.54, 1.807) is 12.1 Å². The van der Waals surface area contributed by atoms with Gasteiger partial charge in [0, 0.05) is 11.8 Å². The number of nitrogens with one attached hydrogen (secondary N) is 1. The summed E-state index contributed by atoms with van der Waals surface area (Å²) in [6.07, 6.45) is 0.357. The third kappa shape index (κ3) is 2.99. The largest absolute Gasteiger partial charge is 0.454 e. The van der Waals surface area contributed by atoms with E-state index < -0.39 is 0 Å². The summed E-state index contributed by atoms with van der Waals surface area (Å²) in [6.45, 7) is 4.34. The number of carbonyl (C=O) groups excluding carboxylic acids is 1. The maximum absolute atomic E-state index is 12.1. The Kier molecular flexibility index (Phi) is 3.52. The van der Waals surface area contributed by atoms with E-state index in [4.69, 9.17) is 9.47 Å². The summed E-state index contributed by atoms with van der Waals surface area (Å²) in [7, 11) is 0. The highest BCUT2D eigenvalue weighted by Crippen LogP contribution is 2.34. The van der Waals surface area contributed by atoms with Crippen LogP contribution in [0.15, 0.2) is 36.4 Å². The van der Waals surface area contributed by atoms with Crippen molar-refractivity contribution in [1.82, 2.24) is 0 Å². The summed E-state index contributed by atoms with van der Waals surface area (Å²) in [5.41, 5.74) is 4.16. The quantitative estimate of drug-likeness (QED) is 0.941. The van der Waals surface area contributed by atoms with Gasteiger partial charge in [-0.15, -0.1) is 0 Å². The maximum atomic E-state index is 12.1. The standard InChI is InChI=1S/C17H17NO3/c1-11-3-4-13(7-12(11)2)8-17(19)18-14-5-6-15-16(9-14)21-10-20-15/h3-7,9H,8,10H2,1-2H3,(H,18,19). The fourth-order valence-corrected chi connectivity index (χ4v) is 2.28. The molecule has 1 N–H and O–H groups in total. The molecule has 0 fully saturated rings. The van der Waals surface area contributed by atoms with Crippen molar-refractivity contribution < 1.29 is 14.3 Å². The summed E-state index contributed by atoms with van der Waals surface area (Å²) in [5.74, 6) is 1.33. The number of rotatable bonds is 3. The molecule has 21 heavy (non-hydrogen) atoms. The Hall–Kier alpha value is -2.49. The second-order valence-corrected chi connectivity index (χ2v) is 5.21. The van der Waals surface area contributed by atoms with Gasteiger partial charge >= 0.3 is 0 Å². The third-order valence-electron chi connectivity index (χ3n) is 3.59. The molecule has 0 spiro atoms. The molecule has 3 rings (SSSR count). The summed E-state index contributed by atoms with van der Waals surface area (Å²) >= 11 is 0. The van der Waals surface area contributed by atoms with Crippen molar-refractivity contribution in [1.29, 1.82) is 0 Å². The van der Waals surface area contributed by atoms with Crippen molar-refractivity contribution in [2.45, 2.75) is 20.3 Å². The first-order valence-electron chi connectivity index (χ1n) is 6.87. The molecule has 1 aliphatic rings. The van der Waals surface area contributed by atoms with E-state index in [-0.39, 0.29) is 12.7 Å². The van der Waals surface area contributed by atoms with Crippen LogP contribution in [0, 0.1) is 13.8 Å². The van der Waals surface area contributed by atoms with E-state index in [1.807, 2.05) is 18.2 Å². The molecule has 1 aliphatic heterocycles. The number of benzene rings is 2. The zero-order valence-corrected chi connectivity index (χ0v) is 12.1. The summed E-state index contributed by atoms with van der Waals surface area (Å²) in [6, 6.07) is 11.5. The number of hydrogen-bond acceptors (Lipinski definition) is 3. The first-order valence-corrected chi connectivity index (χ1v) is 6.87. The van der Waals surface area contributed by atoms with Crippen LogP contribution < -0.4 is 14.8 Å². The molecule has 2 aromatic rings. The Morgan fingerprint density at radius 3 is 2.67 bits per heavy atom. The van der Waals surface area contributed by atoms with Crippen molar-refractivity contribution in [2.24, 2.45) is 0 Å². The Bertz CT molecular complexity index is 694. The van der Waals surface area contributed by atoms with Crippen molar-refractivity contribution in [3.05, 3.63) is 53.1 Å². The van der Waals surface area contributed by atoms with E-state index in [2.05, 4.69) is 25.2 Å². The number of fused-ring (bicyclic) bond motifs is 1. The molecular formula is C17H17NO3. The third-order valence-corrected chi connectivity index (χ3v) is 3.59. The van der Waals surface area contributed by atoms with Crippen LogP contribution in [0.25, 0.3) is 0 Å². The first-order chi connectivity index (χ1) is 10.1. The molecule has 2 aromatic carbocycles. The number of aryl methyl sites for hydroxylation is 2. The van der Waals surface area contributed by atoms with E-state index >= 15 is 0 Å². The molecule has 4 heteroatoms. The molecule has 1 amide bonds. The smallest absolute Gasteiger partial charge is 0.231 e. The van der Waals surface area contributed by atoms with Crippen LogP contribution in [0.3, 0.4) is 0 Å². The van der Waals surface area contributed by atoms with E-state index in [9.17, 15) is 4.79 Å². The molecule has 0 aliphatic carbocycles. The second kappa shape index (κ2) is 5.48. The van der Waals surface area contributed by atoms with Gasteiger partial charge in [0.2, 0.25) is 12.7 Å². The van der Waals surface area contributed by atoms with Crippen molar-refractivity contribution >= 4 is 11.6 Å². The van der Waals surface area contributed by atoms with Gasteiger partial charge in [0.25, 0.3) is 0 Å². The lowest BCUT2D eigenvalue weighted by Gasteiger charge is -2.08. The number of carbonyl (C=O) groups is 1. The predicted molar refractivity (Wildman–Crippen MR) is 80.8 cm³/mol. The molecule has 0 radical (unpaired) electrons. The van der Waals surface area contributed by atoms with Crippen LogP contribution in [-0.2, 0) is 11.2 Å². The predicted octanol–water partition coefficient (Wildman–Crippen LogP) is 3.21. The van der Waals surface area contributed by atoms with E-state index in [0.717, 1.165) is 5.56 Å². The molecule has 0 bridgehead atoms. The van der Waals surface area contributed by atoms with Crippen molar-refractivity contribution in [3.63, 3.8) is 0 Å². The van der Waals surface area contributed by atoms with Crippen molar-refractivity contribution in [2.75, 3.05) is 12.1 Å². The highest BCUT2D eigenvalue weighted by Gasteiger charge is 2.14. The zero-order chi connectivity index (χ0) is 14.8. The average Bonchev–Trinajstić information content (AvgIpc) is 2.90. The van der Waals surface area contributed by atoms with Crippen LogP contribution in [0.1, 0.15) is 16.7 Å². The minimum absolute atomic E-state index is 0.0443. The van der Waals surface area contributed by atoms with E-state index in [0.29, 0.717) is 23.6 Å². The average molecular weight is 283 g/mol. The van der Waals surface area contributed by atoms with Gasteiger partial charge in [-0.1, -0.05) is 18.2 Å². The minimum atomic E-state index is -0.0443. The SMILES string of the molecule is Cc1ccc(CC(=O)Nc2ccc3c(c2)OCO3)cc1C. The second-order valence-electron chi connectivity index (χ2n) is 5.21. The Balaban J connectivity index is 1.67. The molecule has 4 nitrogen and oxygen atoms in total. The van der Waals surface area contributed by atoms with Gasteiger partial charge < -0.3 is 14.8 Å². The highest BCUT2D eigenvalue weighted by molar-refractivity contribution is 5.92. The van der Waals surface area contributed by atoms with Gasteiger partial charge in [-0.05, 0) is 42.7 Å². The van der Waals surface area contributed by atoms with E-state index in [1.165, 1.54) is 11.1 Å². The van der Waals surface area contributed by atoms with Gasteiger partial charge in [0.1, 0.15) is 0 Å². The molecule has 1 heterocycles. The first kappa shape index (κ1) is 13.5. The van der Waals surface area contributed by atoms with Gasteiger partial charge in [-0.3, -0.25) is 4.79 Å². The van der Waals surface area contributed by atoms with Gasteiger partial charge in [-0.25, -0.2) is 0 Å². The van der Waals surface area contributed by atoms with Crippen LogP contribution in [0.5, 0.6) is 11.5 Å². The van der Waals surface area contributed by atoms with Crippen LogP contribution in [0.4, 0.5) is 5.69 Å². The number of anilines is 1. The summed E-state index contributed by atoms with van der Waals surface area (Å²) < 4.78 is 10.5. The van der Waals surface area contributed by atoms with Gasteiger partial charge in [-0.2, -0.15) is 0 Å². The maximum Gasteiger partial charge on any atom is 0.231 e. The topological polar surface area (TPSA) is 47.6 Å². The monoisotopic (exact) mass is 283 g/mol. The molecule has 108 valence electrons. The molecule has 0 aromatic heterocycles. The number of amides is 1. The lowest BCUT2D eigenvalue weighted by atomic mass is 10.0. The van der Waals surface area contributed by atoms with Crippen LogP contribution in [-0.4, -0.2) is 12.7 Å². The minimum Gasteiger partial charge on any atom is -0.454 e. The van der Waals surface area contributed by atoms with Gasteiger partial charge in [0.15, 0.2) is 11.5 Å². The number of ether oxygens (including phenoxy) is 2.